The van der Waals surface area contributed by atoms with E-state index in [2.05, 4.69) is 86.9 Å². The molecule has 4 nitrogen and oxygen atoms in total. The van der Waals surface area contributed by atoms with Gasteiger partial charge in [0.15, 0.2) is 5.82 Å². The first-order chi connectivity index (χ1) is 15.8. The first kappa shape index (κ1) is 21.9. The lowest BCUT2D eigenvalue weighted by molar-refractivity contribution is 0.291. The standard InChI is InChI=1S/C29H36N4/c1-20-10-6-7-13-25(20)32-17-14-24-23(18-32)28(33-16-9-15-29(4,5)19-33)31-27(30-24)26-21(2)11-8-12-22(26)3/h6-8,10-13H,9,14-19H2,1-5H3. The number of nitrogens with zero attached hydrogens (tertiary/aromatic N) is 4. The third kappa shape index (κ3) is 4.23. The highest BCUT2D eigenvalue weighted by Crippen LogP contribution is 2.37. The van der Waals surface area contributed by atoms with Crippen LogP contribution in [0.4, 0.5) is 11.5 Å². The van der Waals surface area contributed by atoms with E-state index < -0.39 is 0 Å². The summed E-state index contributed by atoms with van der Waals surface area (Å²) >= 11 is 0. The topological polar surface area (TPSA) is 32.3 Å². The molecule has 0 aliphatic carbocycles. The number of rotatable bonds is 3. The maximum absolute atomic E-state index is 5.31. The molecule has 1 saturated heterocycles. The van der Waals surface area contributed by atoms with Gasteiger partial charge in [0.05, 0.1) is 5.69 Å². The molecular weight excluding hydrogens is 404 g/mol. The third-order valence-corrected chi connectivity index (χ3v) is 7.40. The van der Waals surface area contributed by atoms with Crippen LogP contribution >= 0.6 is 0 Å². The number of hydrogen-bond donors (Lipinski definition) is 0. The van der Waals surface area contributed by atoms with Crippen LogP contribution in [0.15, 0.2) is 42.5 Å². The lowest BCUT2D eigenvalue weighted by atomic mass is 9.84. The Balaban J connectivity index is 1.63. The number of hydrogen-bond acceptors (Lipinski definition) is 4. The molecule has 1 aromatic heterocycles. The van der Waals surface area contributed by atoms with Gasteiger partial charge in [-0.3, -0.25) is 0 Å². The monoisotopic (exact) mass is 440 g/mol. The predicted molar refractivity (Wildman–Crippen MR) is 138 cm³/mol. The number of fused-ring (bicyclic) bond motifs is 1. The Morgan fingerprint density at radius 3 is 2.27 bits per heavy atom. The number of piperidine rings is 1. The summed E-state index contributed by atoms with van der Waals surface area (Å²) in [6.45, 7) is 15.3. The van der Waals surface area contributed by atoms with Gasteiger partial charge in [0.1, 0.15) is 5.82 Å². The predicted octanol–water partition coefficient (Wildman–Crippen LogP) is 6.26. The molecule has 1 fully saturated rings. The van der Waals surface area contributed by atoms with E-state index in [9.17, 15) is 0 Å². The highest BCUT2D eigenvalue weighted by atomic mass is 15.2. The van der Waals surface area contributed by atoms with Gasteiger partial charge in [-0.25, -0.2) is 9.97 Å². The Morgan fingerprint density at radius 2 is 1.55 bits per heavy atom. The zero-order valence-corrected chi connectivity index (χ0v) is 20.8. The fraction of sp³-hybridized carbons (Fsp3) is 0.448. The van der Waals surface area contributed by atoms with E-state index >= 15 is 0 Å². The summed E-state index contributed by atoms with van der Waals surface area (Å²) in [5, 5.41) is 0. The van der Waals surface area contributed by atoms with E-state index in [1.807, 2.05) is 0 Å². The van der Waals surface area contributed by atoms with Gasteiger partial charge >= 0.3 is 0 Å². The van der Waals surface area contributed by atoms with Gasteiger partial charge < -0.3 is 9.80 Å². The van der Waals surface area contributed by atoms with Crippen molar-refractivity contribution in [1.82, 2.24) is 9.97 Å². The van der Waals surface area contributed by atoms with Gasteiger partial charge in [-0.2, -0.15) is 0 Å². The molecule has 0 radical (unpaired) electrons. The van der Waals surface area contributed by atoms with Crippen LogP contribution in [0.1, 0.15) is 54.6 Å². The summed E-state index contributed by atoms with van der Waals surface area (Å²) in [5.41, 5.74) is 9.19. The molecule has 2 aliphatic heterocycles. The third-order valence-electron chi connectivity index (χ3n) is 7.40. The Labute approximate surface area is 198 Å². The van der Waals surface area contributed by atoms with Gasteiger partial charge in [-0.1, -0.05) is 50.2 Å². The normalized spacial score (nSPS) is 17.7. The van der Waals surface area contributed by atoms with Crippen LogP contribution in [-0.4, -0.2) is 29.6 Å². The second-order valence-corrected chi connectivity index (χ2v) is 10.7. The first-order valence-corrected chi connectivity index (χ1v) is 12.3. The van der Waals surface area contributed by atoms with Crippen molar-refractivity contribution in [2.45, 2.75) is 60.4 Å². The maximum atomic E-state index is 5.31. The highest BCUT2D eigenvalue weighted by Gasteiger charge is 2.32. The lowest BCUT2D eigenvalue weighted by Gasteiger charge is -2.41. The zero-order valence-electron chi connectivity index (χ0n) is 20.8. The van der Waals surface area contributed by atoms with Gasteiger partial charge in [0.2, 0.25) is 0 Å². The quantitative estimate of drug-likeness (QED) is 0.481. The molecule has 0 bridgehead atoms. The molecule has 2 aliphatic rings. The van der Waals surface area contributed by atoms with Crippen LogP contribution in [0.2, 0.25) is 0 Å². The molecule has 0 saturated carbocycles. The molecule has 4 heteroatoms. The Hall–Kier alpha value is -2.88. The highest BCUT2D eigenvalue weighted by molar-refractivity contribution is 5.68. The van der Waals surface area contributed by atoms with Crippen molar-refractivity contribution in [3.8, 4) is 11.4 Å². The summed E-state index contributed by atoms with van der Waals surface area (Å²) < 4.78 is 0. The summed E-state index contributed by atoms with van der Waals surface area (Å²) in [7, 11) is 0. The minimum atomic E-state index is 0.305. The van der Waals surface area contributed by atoms with Crippen molar-refractivity contribution < 1.29 is 0 Å². The van der Waals surface area contributed by atoms with E-state index in [1.165, 1.54) is 52.0 Å². The van der Waals surface area contributed by atoms with E-state index in [-0.39, 0.29) is 0 Å². The van der Waals surface area contributed by atoms with Crippen molar-refractivity contribution in [2.75, 3.05) is 29.4 Å². The van der Waals surface area contributed by atoms with Crippen molar-refractivity contribution in [2.24, 2.45) is 5.41 Å². The molecule has 5 rings (SSSR count). The minimum Gasteiger partial charge on any atom is -0.366 e. The smallest absolute Gasteiger partial charge is 0.162 e. The second kappa shape index (κ2) is 8.48. The molecule has 0 unspecified atom stereocenters. The molecule has 3 heterocycles. The molecular formula is C29H36N4. The number of para-hydroxylation sites is 1. The zero-order chi connectivity index (χ0) is 23.2. The fourth-order valence-electron chi connectivity index (χ4n) is 5.67. The Kier molecular flexibility index (Phi) is 5.64. The van der Waals surface area contributed by atoms with E-state index in [0.717, 1.165) is 44.2 Å². The van der Waals surface area contributed by atoms with Gasteiger partial charge in [0, 0.05) is 49.4 Å². The Morgan fingerprint density at radius 1 is 0.818 bits per heavy atom. The number of anilines is 2. The van der Waals surface area contributed by atoms with Gasteiger partial charge in [-0.15, -0.1) is 0 Å². The SMILES string of the molecule is Cc1ccccc1N1CCc2nc(-c3c(C)cccc3C)nc(N3CCCC(C)(C)C3)c2C1. The van der Waals surface area contributed by atoms with Crippen molar-refractivity contribution in [3.05, 3.63) is 70.4 Å². The van der Waals surface area contributed by atoms with Crippen molar-refractivity contribution >= 4 is 11.5 Å². The summed E-state index contributed by atoms with van der Waals surface area (Å²) in [5.74, 6) is 2.05. The molecule has 0 atom stereocenters. The molecule has 3 aromatic rings. The average Bonchev–Trinajstić information content (AvgIpc) is 2.78. The summed E-state index contributed by atoms with van der Waals surface area (Å²) in [6.07, 6.45) is 3.44. The number of aromatic nitrogens is 2. The molecule has 2 aromatic carbocycles. The largest absolute Gasteiger partial charge is 0.366 e. The van der Waals surface area contributed by atoms with Crippen LogP contribution in [0.25, 0.3) is 11.4 Å². The fourth-order valence-corrected chi connectivity index (χ4v) is 5.67. The lowest BCUT2D eigenvalue weighted by Crippen LogP contribution is -2.42. The second-order valence-electron chi connectivity index (χ2n) is 10.7. The Bertz CT molecular complexity index is 1160. The van der Waals surface area contributed by atoms with Crippen LogP contribution in [0.5, 0.6) is 0 Å². The van der Waals surface area contributed by atoms with E-state index in [4.69, 9.17) is 9.97 Å². The van der Waals surface area contributed by atoms with Gasteiger partial charge in [0.25, 0.3) is 0 Å². The van der Waals surface area contributed by atoms with Crippen LogP contribution in [0.3, 0.4) is 0 Å². The summed E-state index contributed by atoms with van der Waals surface area (Å²) in [6, 6.07) is 15.2. The van der Waals surface area contributed by atoms with E-state index in [0.29, 0.717) is 5.41 Å². The number of benzene rings is 2. The molecule has 0 amide bonds. The van der Waals surface area contributed by atoms with Gasteiger partial charge in [-0.05, 0) is 61.8 Å². The van der Waals surface area contributed by atoms with Crippen molar-refractivity contribution in [3.63, 3.8) is 0 Å². The van der Waals surface area contributed by atoms with E-state index in [1.54, 1.807) is 0 Å². The molecule has 172 valence electrons. The maximum Gasteiger partial charge on any atom is 0.162 e. The molecule has 33 heavy (non-hydrogen) atoms. The number of aryl methyl sites for hydroxylation is 3. The summed E-state index contributed by atoms with van der Waals surface area (Å²) in [4.78, 5) is 15.5. The molecule has 0 spiro atoms. The molecule has 0 N–H and O–H groups in total. The minimum absolute atomic E-state index is 0.305. The van der Waals surface area contributed by atoms with Crippen LogP contribution in [-0.2, 0) is 13.0 Å². The first-order valence-electron chi connectivity index (χ1n) is 12.3. The van der Waals surface area contributed by atoms with Crippen molar-refractivity contribution in [1.29, 1.82) is 0 Å². The van der Waals surface area contributed by atoms with Crippen LogP contribution < -0.4 is 9.80 Å². The van der Waals surface area contributed by atoms with Crippen LogP contribution in [0, 0.1) is 26.2 Å². The average molecular weight is 441 g/mol.